The lowest BCUT2D eigenvalue weighted by atomic mass is 10.3. The van der Waals surface area contributed by atoms with Gasteiger partial charge in [0.2, 0.25) is 11.8 Å². The third-order valence-corrected chi connectivity index (χ3v) is 6.49. The molecule has 0 fully saturated rings. The number of sulfone groups is 1. The van der Waals surface area contributed by atoms with E-state index in [1.807, 2.05) is 6.92 Å². The first-order valence-electron chi connectivity index (χ1n) is 7.85. The van der Waals surface area contributed by atoms with Crippen LogP contribution in [0.5, 0.6) is 0 Å². The van der Waals surface area contributed by atoms with Crippen LogP contribution in [0.25, 0.3) is 0 Å². The Morgan fingerprint density at radius 2 is 2.12 bits per heavy atom. The maximum atomic E-state index is 12.5. The summed E-state index contributed by atoms with van der Waals surface area (Å²) in [4.78, 5) is 28.2. The second-order valence-electron chi connectivity index (χ2n) is 5.83. The molecular weight excluding hydrogens is 374 g/mol. The summed E-state index contributed by atoms with van der Waals surface area (Å²) in [5, 5.41) is 5.29. The quantitative estimate of drug-likeness (QED) is 0.810. The standard InChI is InChI=1S/C17H17N3O4S2/c1-11-4-6-18-15(8-11)20-16(21)5-7-26(23,24)12-2-3-13-14(9-12)25-10-17(22)19-13/h2-4,6,8-9H,5,7,10H2,1H3,(H,19,22)(H,18,20,21). The van der Waals surface area contributed by atoms with Crippen LogP contribution in [0.15, 0.2) is 46.3 Å². The van der Waals surface area contributed by atoms with Crippen molar-refractivity contribution in [3.05, 3.63) is 42.1 Å². The number of anilines is 2. The summed E-state index contributed by atoms with van der Waals surface area (Å²) >= 11 is 1.29. The molecule has 0 spiro atoms. The predicted octanol–water partition coefficient (Wildman–Crippen LogP) is 2.24. The molecule has 7 nitrogen and oxygen atoms in total. The molecule has 2 N–H and O–H groups in total. The van der Waals surface area contributed by atoms with Gasteiger partial charge >= 0.3 is 0 Å². The lowest BCUT2D eigenvalue weighted by molar-refractivity contribution is -0.116. The first-order valence-corrected chi connectivity index (χ1v) is 10.5. The molecule has 2 aromatic rings. The molecule has 1 aromatic carbocycles. The number of carbonyl (C=O) groups excluding carboxylic acids is 2. The third-order valence-electron chi connectivity index (χ3n) is 3.73. The fourth-order valence-corrected chi connectivity index (χ4v) is 4.58. The van der Waals surface area contributed by atoms with E-state index in [0.717, 1.165) is 5.56 Å². The molecule has 0 aliphatic carbocycles. The smallest absolute Gasteiger partial charge is 0.234 e. The van der Waals surface area contributed by atoms with Crippen molar-refractivity contribution in [2.24, 2.45) is 0 Å². The van der Waals surface area contributed by atoms with Crippen molar-refractivity contribution in [3.63, 3.8) is 0 Å². The van der Waals surface area contributed by atoms with Crippen molar-refractivity contribution in [2.45, 2.75) is 23.1 Å². The van der Waals surface area contributed by atoms with E-state index in [2.05, 4.69) is 15.6 Å². The van der Waals surface area contributed by atoms with Crippen LogP contribution in [0.3, 0.4) is 0 Å². The number of hydrogen-bond acceptors (Lipinski definition) is 6. The highest BCUT2D eigenvalue weighted by Gasteiger charge is 2.21. The summed E-state index contributed by atoms with van der Waals surface area (Å²) in [6.45, 7) is 1.87. The molecule has 3 rings (SSSR count). The Hall–Kier alpha value is -2.39. The number of rotatable bonds is 5. The monoisotopic (exact) mass is 391 g/mol. The fourth-order valence-electron chi connectivity index (χ4n) is 2.40. The minimum atomic E-state index is -3.61. The minimum Gasteiger partial charge on any atom is -0.324 e. The van der Waals surface area contributed by atoms with E-state index in [-0.39, 0.29) is 28.7 Å². The summed E-state index contributed by atoms with van der Waals surface area (Å²) in [5.41, 5.74) is 1.55. The number of pyridine rings is 1. The van der Waals surface area contributed by atoms with Gasteiger partial charge in [-0.1, -0.05) is 0 Å². The molecule has 1 aromatic heterocycles. The van der Waals surface area contributed by atoms with Gasteiger partial charge in [-0.25, -0.2) is 13.4 Å². The van der Waals surface area contributed by atoms with Crippen molar-refractivity contribution in [3.8, 4) is 0 Å². The number of nitrogens with one attached hydrogen (secondary N) is 2. The number of benzene rings is 1. The van der Waals surface area contributed by atoms with Crippen molar-refractivity contribution >= 4 is 44.9 Å². The highest BCUT2D eigenvalue weighted by Crippen LogP contribution is 2.33. The van der Waals surface area contributed by atoms with E-state index >= 15 is 0 Å². The second kappa shape index (κ2) is 7.46. The zero-order valence-corrected chi connectivity index (χ0v) is 15.6. The summed E-state index contributed by atoms with van der Waals surface area (Å²) < 4.78 is 25.0. The topological polar surface area (TPSA) is 105 Å². The zero-order valence-electron chi connectivity index (χ0n) is 14.0. The van der Waals surface area contributed by atoms with Crippen LogP contribution in [-0.2, 0) is 19.4 Å². The highest BCUT2D eigenvalue weighted by molar-refractivity contribution is 8.00. The van der Waals surface area contributed by atoms with Crippen LogP contribution in [0.4, 0.5) is 11.5 Å². The van der Waals surface area contributed by atoms with Crippen LogP contribution in [0.1, 0.15) is 12.0 Å². The Balaban J connectivity index is 1.65. The van der Waals surface area contributed by atoms with Gasteiger partial charge in [-0.05, 0) is 42.8 Å². The zero-order chi connectivity index (χ0) is 18.7. The molecule has 0 unspecified atom stereocenters. The molecule has 0 atom stereocenters. The van der Waals surface area contributed by atoms with Crippen LogP contribution in [0.2, 0.25) is 0 Å². The van der Waals surface area contributed by atoms with Gasteiger partial charge in [0.1, 0.15) is 5.82 Å². The molecule has 0 bridgehead atoms. The van der Waals surface area contributed by atoms with Crippen LogP contribution in [0, 0.1) is 6.92 Å². The predicted molar refractivity (Wildman–Crippen MR) is 100 cm³/mol. The van der Waals surface area contributed by atoms with Crippen molar-refractivity contribution in [2.75, 3.05) is 22.1 Å². The molecule has 1 aliphatic heterocycles. The molecule has 26 heavy (non-hydrogen) atoms. The van der Waals surface area contributed by atoms with E-state index in [4.69, 9.17) is 0 Å². The van der Waals surface area contributed by atoms with Gasteiger partial charge in [0.05, 0.1) is 22.1 Å². The Morgan fingerprint density at radius 3 is 2.88 bits per heavy atom. The summed E-state index contributed by atoms with van der Waals surface area (Å²) in [7, 11) is -3.61. The van der Waals surface area contributed by atoms with Crippen molar-refractivity contribution < 1.29 is 18.0 Å². The average Bonchev–Trinajstić information content (AvgIpc) is 2.59. The Bertz CT molecular complexity index is 974. The summed E-state index contributed by atoms with van der Waals surface area (Å²) in [6.07, 6.45) is 1.41. The Kier molecular flexibility index (Phi) is 5.28. The molecule has 9 heteroatoms. The van der Waals surface area contributed by atoms with Crippen LogP contribution < -0.4 is 10.6 Å². The van der Waals surface area contributed by atoms with Gasteiger partial charge in [-0.3, -0.25) is 9.59 Å². The number of aryl methyl sites for hydroxylation is 1. The number of fused-ring (bicyclic) bond motifs is 1. The maximum absolute atomic E-state index is 12.5. The van der Waals surface area contributed by atoms with E-state index in [9.17, 15) is 18.0 Å². The molecule has 136 valence electrons. The fraction of sp³-hybridized carbons (Fsp3) is 0.235. The lowest BCUT2D eigenvalue weighted by Gasteiger charge is -2.17. The molecular formula is C17H17N3O4S2. The number of carbonyl (C=O) groups is 2. The molecule has 0 radical (unpaired) electrons. The Morgan fingerprint density at radius 1 is 1.31 bits per heavy atom. The number of amides is 2. The van der Waals surface area contributed by atoms with Crippen LogP contribution >= 0.6 is 11.8 Å². The lowest BCUT2D eigenvalue weighted by Crippen LogP contribution is -2.20. The molecule has 2 amide bonds. The number of hydrogen-bond donors (Lipinski definition) is 2. The van der Waals surface area contributed by atoms with Gasteiger partial charge in [-0.2, -0.15) is 0 Å². The van der Waals surface area contributed by atoms with Gasteiger partial charge in [0.15, 0.2) is 9.84 Å². The van der Waals surface area contributed by atoms with E-state index < -0.39 is 15.7 Å². The average molecular weight is 391 g/mol. The second-order valence-corrected chi connectivity index (χ2v) is 8.96. The molecule has 1 aliphatic rings. The van der Waals surface area contributed by atoms with E-state index in [1.165, 1.54) is 23.9 Å². The van der Waals surface area contributed by atoms with Crippen molar-refractivity contribution in [1.82, 2.24) is 4.98 Å². The maximum Gasteiger partial charge on any atom is 0.234 e. The number of aromatic nitrogens is 1. The van der Waals surface area contributed by atoms with Crippen LogP contribution in [-0.4, -0.2) is 36.7 Å². The summed E-state index contributed by atoms with van der Waals surface area (Å²) in [5.74, 6) is -0.179. The minimum absolute atomic E-state index is 0.112. The van der Waals surface area contributed by atoms with Gasteiger partial charge in [-0.15, -0.1) is 11.8 Å². The van der Waals surface area contributed by atoms with Gasteiger partial charge < -0.3 is 10.6 Å². The molecule has 0 saturated heterocycles. The largest absolute Gasteiger partial charge is 0.324 e. The van der Waals surface area contributed by atoms with Crippen molar-refractivity contribution in [1.29, 1.82) is 0 Å². The van der Waals surface area contributed by atoms with E-state index in [0.29, 0.717) is 16.4 Å². The SMILES string of the molecule is Cc1ccnc(NC(=O)CCS(=O)(=O)c2ccc3c(c2)SCC(=O)N3)c1. The third kappa shape index (κ3) is 4.41. The highest BCUT2D eigenvalue weighted by atomic mass is 32.2. The molecule has 2 heterocycles. The number of thioether (sulfide) groups is 1. The van der Waals surface area contributed by atoms with E-state index in [1.54, 1.807) is 24.4 Å². The first-order chi connectivity index (χ1) is 12.3. The first kappa shape index (κ1) is 18.4. The Labute approximate surface area is 155 Å². The molecule has 0 saturated carbocycles. The van der Waals surface area contributed by atoms with Gasteiger partial charge in [0, 0.05) is 17.5 Å². The summed E-state index contributed by atoms with van der Waals surface area (Å²) in [6, 6.07) is 8.07. The van der Waals surface area contributed by atoms with Gasteiger partial charge in [0.25, 0.3) is 0 Å². The number of nitrogens with zero attached hydrogens (tertiary/aromatic N) is 1. The normalized spacial score (nSPS) is 13.7.